The van der Waals surface area contributed by atoms with Crippen LogP contribution in [0, 0.1) is 0 Å². The number of nitrogens with zero attached hydrogens (tertiary/aromatic N) is 4. The molecule has 3 aromatic rings. The van der Waals surface area contributed by atoms with Gasteiger partial charge in [-0.25, -0.2) is 0 Å². The summed E-state index contributed by atoms with van der Waals surface area (Å²) in [7, 11) is 0. The number of phenols is 1. The zero-order valence-corrected chi connectivity index (χ0v) is 14.7. The first-order valence-electron chi connectivity index (χ1n) is 7.92. The van der Waals surface area contributed by atoms with Crippen LogP contribution in [0.3, 0.4) is 0 Å². The molecule has 25 heavy (non-hydrogen) atoms. The summed E-state index contributed by atoms with van der Waals surface area (Å²) in [5, 5.41) is 25.9. The first kappa shape index (κ1) is 16.2. The lowest BCUT2D eigenvalue weighted by molar-refractivity contribution is 0.469. The molecule has 2 N–H and O–H groups in total. The third-order valence-corrected chi connectivity index (χ3v) is 5.31. The molecule has 0 aliphatic heterocycles. The molecule has 6 nitrogen and oxygen atoms in total. The first-order valence-corrected chi connectivity index (χ1v) is 8.68. The molecule has 0 spiro atoms. The van der Waals surface area contributed by atoms with E-state index in [1.54, 1.807) is 24.3 Å². The predicted molar refractivity (Wildman–Crippen MR) is 96.8 cm³/mol. The monoisotopic (exact) mass is 375 g/mol. The third-order valence-electron chi connectivity index (χ3n) is 4.51. The van der Waals surface area contributed by atoms with Crippen LogP contribution in [0.1, 0.15) is 23.5 Å². The van der Waals surface area contributed by atoms with Crippen molar-refractivity contribution in [1.29, 1.82) is 0 Å². The van der Waals surface area contributed by atoms with E-state index in [1.807, 2.05) is 6.07 Å². The molecule has 2 aromatic carbocycles. The van der Waals surface area contributed by atoms with Crippen LogP contribution in [0.2, 0.25) is 10.0 Å². The van der Waals surface area contributed by atoms with E-state index < -0.39 is 0 Å². The van der Waals surface area contributed by atoms with Gasteiger partial charge in [-0.2, -0.15) is 4.68 Å². The fourth-order valence-electron chi connectivity index (χ4n) is 3.26. The fraction of sp³-hybridized carbons (Fsp3) is 0.235. The Labute approximate surface area is 154 Å². The number of halogens is 2. The molecule has 1 aromatic heterocycles. The number of aromatic hydroxyl groups is 1. The van der Waals surface area contributed by atoms with Crippen molar-refractivity contribution < 1.29 is 5.11 Å². The van der Waals surface area contributed by atoms with Crippen molar-refractivity contribution in [2.24, 2.45) is 0 Å². The van der Waals surface area contributed by atoms with Crippen LogP contribution in [0.4, 0.5) is 5.95 Å². The lowest BCUT2D eigenvalue weighted by Crippen LogP contribution is -2.14. The Bertz CT molecular complexity index is 927. The Balaban J connectivity index is 1.56. The van der Waals surface area contributed by atoms with Gasteiger partial charge in [-0.3, -0.25) is 0 Å². The van der Waals surface area contributed by atoms with Crippen molar-refractivity contribution in [2.45, 2.75) is 18.8 Å². The highest BCUT2D eigenvalue weighted by Crippen LogP contribution is 2.38. The number of anilines is 1. The molecule has 1 aliphatic rings. The van der Waals surface area contributed by atoms with Gasteiger partial charge in [0.1, 0.15) is 5.75 Å². The van der Waals surface area contributed by atoms with E-state index >= 15 is 0 Å². The van der Waals surface area contributed by atoms with Crippen LogP contribution >= 0.6 is 23.2 Å². The van der Waals surface area contributed by atoms with Crippen LogP contribution in [-0.4, -0.2) is 31.9 Å². The van der Waals surface area contributed by atoms with Gasteiger partial charge >= 0.3 is 0 Å². The highest BCUT2D eigenvalue weighted by atomic mass is 35.5. The fourth-order valence-corrected chi connectivity index (χ4v) is 3.64. The summed E-state index contributed by atoms with van der Waals surface area (Å²) in [5.41, 5.74) is 2.82. The maximum absolute atomic E-state index is 9.97. The summed E-state index contributed by atoms with van der Waals surface area (Å²) in [4.78, 5) is 0. The molecule has 8 heteroatoms. The molecular weight excluding hydrogens is 361 g/mol. The molecule has 128 valence electrons. The summed E-state index contributed by atoms with van der Waals surface area (Å²) < 4.78 is 1.53. The smallest absolute Gasteiger partial charge is 0.247 e. The minimum Gasteiger partial charge on any atom is -0.508 e. The van der Waals surface area contributed by atoms with E-state index in [2.05, 4.69) is 26.9 Å². The van der Waals surface area contributed by atoms with Crippen LogP contribution in [0.25, 0.3) is 5.69 Å². The Kier molecular flexibility index (Phi) is 4.23. The van der Waals surface area contributed by atoms with Gasteiger partial charge in [-0.1, -0.05) is 46.5 Å². The highest BCUT2D eigenvalue weighted by molar-refractivity contribution is 6.43. The number of rotatable bonds is 4. The number of aromatic nitrogens is 4. The Morgan fingerprint density at radius 3 is 2.92 bits per heavy atom. The van der Waals surface area contributed by atoms with E-state index in [0.29, 0.717) is 39.9 Å². The van der Waals surface area contributed by atoms with Gasteiger partial charge in [0.15, 0.2) is 0 Å². The number of hydrogen-bond acceptors (Lipinski definition) is 5. The van der Waals surface area contributed by atoms with Crippen LogP contribution < -0.4 is 5.32 Å². The van der Waals surface area contributed by atoms with Crippen molar-refractivity contribution in [3.8, 4) is 11.4 Å². The molecule has 0 bridgehead atoms. The molecule has 0 saturated heterocycles. The van der Waals surface area contributed by atoms with Crippen molar-refractivity contribution in [3.63, 3.8) is 0 Å². The highest BCUT2D eigenvalue weighted by Gasteiger charge is 2.25. The quantitative estimate of drug-likeness (QED) is 0.724. The Morgan fingerprint density at radius 1 is 1.20 bits per heavy atom. The zero-order chi connectivity index (χ0) is 17.4. The predicted octanol–water partition coefficient (Wildman–Crippen LogP) is 3.82. The molecule has 1 unspecified atom stereocenters. The van der Waals surface area contributed by atoms with Gasteiger partial charge < -0.3 is 10.4 Å². The summed E-state index contributed by atoms with van der Waals surface area (Å²) in [6, 6.07) is 11.0. The SMILES string of the molecule is Oc1cccc2c1CCC2CNc1nnnn1-c1cccc(Cl)c1Cl. The second-order valence-electron chi connectivity index (χ2n) is 5.95. The van der Waals surface area contributed by atoms with Crippen LogP contribution in [0.15, 0.2) is 36.4 Å². The zero-order valence-electron chi connectivity index (χ0n) is 13.2. The van der Waals surface area contributed by atoms with Gasteiger partial charge in [0.25, 0.3) is 0 Å². The van der Waals surface area contributed by atoms with Gasteiger partial charge in [-0.05, 0) is 52.6 Å². The molecule has 0 amide bonds. The lowest BCUT2D eigenvalue weighted by atomic mass is 10.0. The number of phenolic OH excluding ortho intramolecular Hbond substituents is 1. The number of tetrazole rings is 1. The number of fused-ring (bicyclic) bond motifs is 1. The third kappa shape index (κ3) is 2.92. The van der Waals surface area contributed by atoms with E-state index in [4.69, 9.17) is 23.2 Å². The first-order chi connectivity index (χ1) is 12.1. The summed E-state index contributed by atoms with van der Waals surface area (Å²) in [6.07, 6.45) is 1.85. The van der Waals surface area contributed by atoms with Crippen LogP contribution in [-0.2, 0) is 6.42 Å². The average molecular weight is 376 g/mol. The van der Waals surface area contributed by atoms with Crippen molar-refractivity contribution in [1.82, 2.24) is 20.2 Å². The maximum atomic E-state index is 9.97. The molecule has 4 rings (SSSR count). The lowest BCUT2D eigenvalue weighted by Gasteiger charge is -2.14. The second kappa shape index (κ2) is 6.54. The Morgan fingerprint density at radius 2 is 2.04 bits per heavy atom. The second-order valence-corrected chi connectivity index (χ2v) is 6.73. The van der Waals surface area contributed by atoms with E-state index in [1.165, 1.54) is 10.2 Å². The number of nitrogens with one attached hydrogen (secondary N) is 1. The Hall–Kier alpha value is -2.31. The minimum atomic E-state index is 0.294. The molecule has 1 heterocycles. The normalized spacial score (nSPS) is 16.0. The minimum absolute atomic E-state index is 0.294. The number of benzene rings is 2. The van der Waals surface area contributed by atoms with E-state index in [-0.39, 0.29) is 0 Å². The molecule has 0 fully saturated rings. The molecular formula is C17H15Cl2N5O. The maximum Gasteiger partial charge on any atom is 0.247 e. The van der Waals surface area contributed by atoms with E-state index in [9.17, 15) is 5.11 Å². The summed E-state index contributed by atoms with van der Waals surface area (Å²) >= 11 is 12.3. The number of hydrogen-bond donors (Lipinski definition) is 2. The largest absolute Gasteiger partial charge is 0.508 e. The van der Waals surface area contributed by atoms with Gasteiger partial charge in [0.05, 0.1) is 15.7 Å². The molecule has 0 saturated carbocycles. The van der Waals surface area contributed by atoms with Gasteiger partial charge in [0, 0.05) is 12.5 Å². The van der Waals surface area contributed by atoms with Crippen molar-refractivity contribution in [2.75, 3.05) is 11.9 Å². The molecule has 1 atom stereocenters. The molecule has 0 radical (unpaired) electrons. The van der Waals surface area contributed by atoms with Gasteiger partial charge in [0.2, 0.25) is 5.95 Å². The molecule has 1 aliphatic carbocycles. The average Bonchev–Trinajstić information content (AvgIpc) is 3.23. The van der Waals surface area contributed by atoms with Gasteiger partial charge in [-0.15, -0.1) is 0 Å². The summed E-state index contributed by atoms with van der Waals surface area (Å²) in [6.45, 7) is 0.662. The standard InChI is InChI=1S/C17H15Cl2N5O/c18-13-4-2-5-14(16(13)19)24-17(21-22-23-24)20-9-10-7-8-12-11(10)3-1-6-15(12)25/h1-6,10,25H,7-9H2,(H,20,21,23). The summed E-state index contributed by atoms with van der Waals surface area (Å²) in [5.74, 6) is 1.16. The topological polar surface area (TPSA) is 75.9 Å². The van der Waals surface area contributed by atoms with Crippen molar-refractivity contribution >= 4 is 29.2 Å². The van der Waals surface area contributed by atoms with Crippen LogP contribution in [0.5, 0.6) is 5.75 Å². The van der Waals surface area contributed by atoms with E-state index in [0.717, 1.165) is 18.4 Å². The van der Waals surface area contributed by atoms with Crippen molar-refractivity contribution in [3.05, 3.63) is 57.6 Å².